The van der Waals surface area contributed by atoms with E-state index in [0.29, 0.717) is 11.7 Å². The number of thioether (sulfide) groups is 1. The molecule has 0 bridgehead atoms. The predicted molar refractivity (Wildman–Crippen MR) is 122 cm³/mol. The zero-order valence-electron chi connectivity index (χ0n) is 17.8. The van der Waals surface area contributed by atoms with Crippen LogP contribution in [0, 0.1) is 13.8 Å². The van der Waals surface area contributed by atoms with E-state index in [1.807, 2.05) is 41.0 Å². The first-order chi connectivity index (χ1) is 15.0. The van der Waals surface area contributed by atoms with Crippen molar-refractivity contribution in [3.63, 3.8) is 0 Å². The largest absolute Gasteiger partial charge is 0.467 e. The molecular weight excluding hydrogens is 408 g/mol. The van der Waals surface area contributed by atoms with Gasteiger partial charge < -0.3 is 9.32 Å². The highest BCUT2D eigenvalue weighted by Gasteiger charge is 2.19. The molecule has 0 unspecified atom stereocenters. The van der Waals surface area contributed by atoms with Gasteiger partial charge in [-0.05, 0) is 38.1 Å². The number of hydrogen-bond acceptors (Lipinski definition) is 5. The van der Waals surface area contributed by atoms with Gasteiger partial charge in [0.15, 0.2) is 11.0 Å². The quantitative estimate of drug-likeness (QED) is 0.389. The minimum Gasteiger partial charge on any atom is -0.467 e. The minimum absolute atomic E-state index is 0.00302. The van der Waals surface area contributed by atoms with Gasteiger partial charge in [-0.3, -0.25) is 9.36 Å². The zero-order valence-corrected chi connectivity index (χ0v) is 18.6. The Balaban J connectivity index is 1.59. The van der Waals surface area contributed by atoms with E-state index in [9.17, 15) is 4.79 Å². The molecule has 6 nitrogen and oxygen atoms in total. The van der Waals surface area contributed by atoms with E-state index < -0.39 is 0 Å². The Morgan fingerprint density at radius 1 is 1.00 bits per heavy atom. The van der Waals surface area contributed by atoms with Gasteiger partial charge in [0.25, 0.3) is 0 Å². The van der Waals surface area contributed by atoms with Crippen LogP contribution in [0.3, 0.4) is 0 Å². The van der Waals surface area contributed by atoms with Crippen LogP contribution in [0.25, 0.3) is 17.1 Å². The second-order valence-corrected chi connectivity index (χ2v) is 8.40. The zero-order chi connectivity index (χ0) is 21.8. The van der Waals surface area contributed by atoms with Crippen molar-refractivity contribution in [3.05, 3.63) is 83.8 Å². The van der Waals surface area contributed by atoms with Crippen LogP contribution in [0.5, 0.6) is 0 Å². The van der Waals surface area contributed by atoms with Gasteiger partial charge in [0.2, 0.25) is 5.91 Å². The number of furan rings is 1. The summed E-state index contributed by atoms with van der Waals surface area (Å²) in [5, 5.41) is 9.54. The van der Waals surface area contributed by atoms with Crippen molar-refractivity contribution >= 4 is 17.7 Å². The summed E-state index contributed by atoms with van der Waals surface area (Å²) >= 11 is 1.38. The highest BCUT2D eigenvalue weighted by atomic mass is 32.2. The molecule has 31 heavy (non-hydrogen) atoms. The maximum absolute atomic E-state index is 12.7. The third-order valence-electron chi connectivity index (χ3n) is 4.96. The molecule has 4 aromatic rings. The molecule has 1 amide bonds. The molecule has 2 aromatic heterocycles. The first-order valence-electron chi connectivity index (χ1n) is 10.00. The molecule has 0 aliphatic rings. The molecule has 0 aliphatic carbocycles. The number of amides is 1. The van der Waals surface area contributed by atoms with Gasteiger partial charge in [-0.1, -0.05) is 59.3 Å². The van der Waals surface area contributed by atoms with Gasteiger partial charge in [-0.2, -0.15) is 0 Å². The molecule has 0 aliphatic heterocycles. The average molecular weight is 433 g/mol. The summed E-state index contributed by atoms with van der Waals surface area (Å²) in [6.45, 7) is 4.55. The lowest BCUT2D eigenvalue weighted by Gasteiger charge is -2.16. The minimum atomic E-state index is -0.00302. The van der Waals surface area contributed by atoms with Crippen LogP contribution < -0.4 is 0 Å². The molecule has 0 spiro atoms. The predicted octanol–water partition coefficient (Wildman–Crippen LogP) is 4.89. The molecule has 0 saturated heterocycles. The summed E-state index contributed by atoms with van der Waals surface area (Å²) < 4.78 is 7.35. The molecule has 2 aromatic carbocycles. The van der Waals surface area contributed by atoms with E-state index in [0.717, 1.165) is 22.8 Å². The summed E-state index contributed by atoms with van der Waals surface area (Å²) in [6.07, 6.45) is 1.61. The number of aryl methyl sites for hydroxylation is 2. The smallest absolute Gasteiger partial charge is 0.233 e. The topological polar surface area (TPSA) is 64.2 Å². The van der Waals surface area contributed by atoms with E-state index in [4.69, 9.17) is 4.42 Å². The Bertz CT molecular complexity index is 1150. The molecule has 7 heteroatoms. The van der Waals surface area contributed by atoms with Gasteiger partial charge >= 0.3 is 0 Å². The standard InChI is InChI=1S/C24H24N4O2S/c1-17-6-10-19(11-7-17)23-25-26-24(28(23)20-12-8-18(2)9-13-20)31-16-22(29)27(3)15-21-5-4-14-30-21/h4-14H,15-16H2,1-3H3. The molecule has 0 N–H and O–H groups in total. The average Bonchev–Trinajstić information content (AvgIpc) is 3.43. The molecule has 0 radical (unpaired) electrons. The van der Waals surface area contributed by atoms with E-state index >= 15 is 0 Å². The lowest BCUT2D eigenvalue weighted by Crippen LogP contribution is -2.27. The van der Waals surface area contributed by atoms with E-state index in [2.05, 4.69) is 48.3 Å². The third kappa shape index (κ3) is 4.88. The van der Waals surface area contributed by atoms with E-state index in [1.54, 1.807) is 18.2 Å². The Labute approximate surface area is 185 Å². The summed E-state index contributed by atoms with van der Waals surface area (Å²) in [5.74, 6) is 1.76. The fourth-order valence-electron chi connectivity index (χ4n) is 3.14. The lowest BCUT2D eigenvalue weighted by molar-refractivity contribution is -0.127. The third-order valence-corrected chi connectivity index (χ3v) is 5.87. The van der Waals surface area contributed by atoms with Crippen molar-refractivity contribution in [2.24, 2.45) is 0 Å². The van der Waals surface area contributed by atoms with E-state index in [-0.39, 0.29) is 11.7 Å². The second kappa shape index (κ2) is 9.22. The fraction of sp³-hybridized carbons (Fsp3) is 0.208. The normalized spacial score (nSPS) is 10.9. The number of aromatic nitrogens is 3. The molecule has 0 atom stereocenters. The summed E-state index contributed by atoms with van der Waals surface area (Å²) in [5.41, 5.74) is 4.31. The van der Waals surface area contributed by atoms with Crippen LogP contribution in [-0.4, -0.2) is 38.4 Å². The van der Waals surface area contributed by atoms with Crippen molar-refractivity contribution in [1.29, 1.82) is 0 Å². The highest BCUT2D eigenvalue weighted by Crippen LogP contribution is 2.28. The van der Waals surface area contributed by atoms with Crippen molar-refractivity contribution < 1.29 is 9.21 Å². The van der Waals surface area contributed by atoms with Crippen molar-refractivity contribution in [2.45, 2.75) is 25.5 Å². The number of benzene rings is 2. The fourth-order valence-corrected chi connectivity index (χ4v) is 4.03. The monoisotopic (exact) mass is 432 g/mol. The molecule has 158 valence electrons. The summed E-state index contributed by atoms with van der Waals surface area (Å²) in [4.78, 5) is 14.3. The molecule has 2 heterocycles. The first-order valence-corrected chi connectivity index (χ1v) is 11.0. The van der Waals surface area contributed by atoms with Crippen LogP contribution >= 0.6 is 11.8 Å². The van der Waals surface area contributed by atoms with Gasteiger partial charge in [0.1, 0.15) is 5.76 Å². The maximum atomic E-state index is 12.7. The Kier molecular flexibility index (Phi) is 6.23. The second-order valence-electron chi connectivity index (χ2n) is 7.46. The molecule has 0 saturated carbocycles. The number of hydrogen-bond donors (Lipinski definition) is 0. The van der Waals surface area contributed by atoms with Crippen LogP contribution in [-0.2, 0) is 11.3 Å². The molecular formula is C24H24N4O2S. The molecule has 4 rings (SSSR count). The van der Waals surface area contributed by atoms with Crippen LogP contribution in [0.4, 0.5) is 0 Å². The van der Waals surface area contributed by atoms with Crippen molar-refractivity contribution in [2.75, 3.05) is 12.8 Å². The van der Waals surface area contributed by atoms with E-state index in [1.165, 1.54) is 22.9 Å². The first kappa shape index (κ1) is 20.9. The summed E-state index contributed by atoms with van der Waals surface area (Å²) in [7, 11) is 1.77. The maximum Gasteiger partial charge on any atom is 0.233 e. The number of carbonyl (C=O) groups excluding carboxylic acids is 1. The Hall–Kier alpha value is -3.32. The number of nitrogens with zero attached hydrogens (tertiary/aromatic N) is 4. The summed E-state index contributed by atoms with van der Waals surface area (Å²) in [6, 6.07) is 20.1. The Morgan fingerprint density at radius 3 is 2.32 bits per heavy atom. The van der Waals surface area contributed by atoms with Gasteiger partial charge in [0.05, 0.1) is 18.6 Å². The van der Waals surface area contributed by atoms with Gasteiger partial charge in [0, 0.05) is 18.3 Å². The highest BCUT2D eigenvalue weighted by molar-refractivity contribution is 7.99. The van der Waals surface area contributed by atoms with Crippen LogP contribution in [0.2, 0.25) is 0 Å². The van der Waals surface area contributed by atoms with Crippen molar-refractivity contribution in [1.82, 2.24) is 19.7 Å². The number of carbonyl (C=O) groups is 1. The van der Waals surface area contributed by atoms with Crippen molar-refractivity contribution in [3.8, 4) is 17.1 Å². The van der Waals surface area contributed by atoms with Gasteiger partial charge in [-0.25, -0.2) is 0 Å². The van der Waals surface area contributed by atoms with Crippen LogP contribution in [0.1, 0.15) is 16.9 Å². The Morgan fingerprint density at radius 2 is 1.68 bits per heavy atom. The lowest BCUT2D eigenvalue weighted by atomic mass is 10.1. The van der Waals surface area contributed by atoms with Gasteiger partial charge in [-0.15, -0.1) is 10.2 Å². The SMILES string of the molecule is Cc1ccc(-c2nnc(SCC(=O)N(C)Cc3ccco3)n2-c2ccc(C)cc2)cc1. The molecule has 0 fully saturated rings. The number of rotatable bonds is 7. The van der Waals surface area contributed by atoms with Crippen LogP contribution in [0.15, 0.2) is 76.5 Å².